The fourth-order valence-corrected chi connectivity index (χ4v) is 3.72. The van der Waals surface area contributed by atoms with Gasteiger partial charge in [0.15, 0.2) is 23.2 Å². The Morgan fingerprint density at radius 1 is 1.19 bits per heavy atom. The molecule has 3 aromatic rings. The van der Waals surface area contributed by atoms with Crippen LogP contribution in [0.2, 0.25) is 0 Å². The smallest absolute Gasteiger partial charge is 0.167 e. The standard InChI is InChI=1S/C17H18IN5O4/c18-10-3-1-2-9(4-10)5-19-15-12-16(21-7-20-15)23(8-22-12)17-14(26)13(25)11(6-24)27-17/h1-4,7-8,11,13-14,17,24-26H,5-6H2,(H,19,20,21)/t11-,13?,14?,17-/m1/s1. The highest BCUT2D eigenvalue weighted by atomic mass is 127. The number of aliphatic hydroxyl groups excluding tert-OH is 3. The molecule has 4 N–H and O–H groups in total. The van der Waals surface area contributed by atoms with Crippen molar-refractivity contribution >= 4 is 39.6 Å². The first kappa shape index (κ1) is 18.5. The maximum atomic E-state index is 10.2. The first-order chi connectivity index (χ1) is 13.1. The van der Waals surface area contributed by atoms with E-state index in [1.54, 1.807) is 0 Å². The third kappa shape index (κ3) is 3.50. The SMILES string of the molecule is OC[C@H]1O[C@@H](n2cnc3c(NCc4cccc(I)c4)ncnc32)C(O)C1O. The molecule has 3 heterocycles. The van der Waals surface area contributed by atoms with Gasteiger partial charge < -0.3 is 25.4 Å². The van der Waals surface area contributed by atoms with E-state index in [1.165, 1.54) is 17.2 Å². The molecule has 0 saturated carbocycles. The maximum Gasteiger partial charge on any atom is 0.167 e. The lowest BCUT2D eigenvalue weighted by Gasteiger charge is -2.16. The van der Waals surface area contributed by atoms with Crippen molar-refractivity contribution in [3.8, 4) is 0 Å². The van der Waals surface area contributed by atoms with Crippen molar-refractivity contribution in [2.45, 2.75) is 31.1 Å². The molecule has 1 aliphatic heterocycles. The van der Waals surface area contributed by atoms with E-state index in [1.807, 2.05) is 18.2 Å². The molecule has 2 aromatic heterocycles. The van der Waals surface area contributed by atoms with E-state index in [9.17, 15) is 15.3 Å². The summed E-state index contributed by atoms with van der Waals surface area (Å²) < 4.78 is 8.25. The van der Waals surface area contributed by atoms with E-state index in [0.717, 1.165) is 9.13 Å². The van der Waals surface area contributed by atoms with Crippen molar-refractivity contribution in [2.24, 2.45) is 0 Å². The van der Waals surface area contributed by atoms with Gasteiger partial charge in [-0.2, -0.15) is 0 Å². The first-order valence-electron chi connectivity index (χ1n) is 8.37. The molecule has 4 rings (SSSR count). The zero-order chi connectivity index (χ0) is 19.0. The molecule has 0 spiro atoms. The largest absolute Gasteiger partial charge is 0.394 e. The second-order valence-corrected chi connectivity index (χ2v) is 7.50. The minimum atomic E-state index is -1.20. The van der Waals surface area contributed by atoms with Crippen molar-refractivity contribution in [2.75, 3.05) is 11.9 Å². The van der Waals surface area contributed by atoms with E-state index in [4.69, 9.17) is 4.74 Å². The lowest BCUT2D eigenvalue weighted by Crippen LogP contribution is -2.33. The normalized spacial score (nSPS) is 25.2. The van der Waals surface area contributed by atoms with Gasteiger partial charge in [-0.05, 0) is 40.3 Å². The van der Waals surface area contributed by atoms with Gasteiger partial charge in [-0.15, -0.1) is 0 Å². The number of fused-ring (bicyclic) bond motifs is 1. The van der Waals surface area contributed by atoms with Gasteiger partial charge in [0.25, 0.3) is 0 Å². The van der Waals surface area contributed by atoms with Gasteiger partial charge in [-0.3, -0.25) is 4.57 Å². The van der Waals surface area contributed by atoms with Crippen molar-refractivity contribution in [3.05, 3.63) is 46.1 Å². The van der Waals surface area contributed by atoms with Crippen LogP contribution in [0.5, 0.6) is 0 Å². The summed E-state index contributed by atoms with van der Waals surface area (Å²) in [5.41, 5.74) is 2.10. The van der Waals surface area contributed by atoms with Crippen molar-refractivity contribution in [1.29, 1.82) is 0 Å². The molecule has 0 amide bonds. The molecule has 10 heteroatoms. The number of nitrogens with zero attached hydrogens (tertiary/aromatic N) is 4. The number of benzene rings is 1. The average Bonchev–Trinajstić information content (AvgIpc) is 3.22. The number of halogens is 1. The van der Waals surface area contributed by atoms with Crippen LogP contribution in [0.25, 0.3) is 11.2 Å². The first-order valence-corrected chi connectivity index (χ1v) is 9.44. The van der Waals surface area contributed by atoms with Crippen LogP contribution in [0.1, 0.15) is 11.8 Å². The van der Waals surface area contributed by atoms with E-state index in [0.29, 0.717) is 23.5 Å². The van der Waals surface area contributed by atoms with Crippen LogP contribution in [0.15, 0.2) is 36.9 Å². The number of hydrogen-bond donors (Lipinski definition) is 4. The number of hydrogen-bond acceptors (Lipinski definition) is 8. The number of imidazole rings is 1. The molecule has 9 nitrogen and oxygen atoms in total. The van der Waals surface area contributed by atoms with Crippen molar-refractivity contribution in [1.82, 2.24) is 19.5 Å². The number of ether oxygens (including phenoxy) is 1. The minimum absolute atomic E-state index is 0.390. The predicted molar refractivity (Wildman–Crippen MR) is 105 cm³/mol. The molecule has 1 fully saturated rings. The van der Waals surface area contributed by atoms with Crippen LogP contribution in [0, 0.1) is 3.57 Å². The fraction of sp³-hybridized carbons (Fsp3) is 0.353. The Morgan fingerprint density at radius 2 is 2.04 bits per heavy atom. The fourth-order valence-electron chi connectivity index (χ4n) is 3.11. The van der Waals surface area contributed by atoms with E-state index in [-0.39, 0.29) is 6.61 Å². The third-order valence-corrected chi connectivity index (χ3v) is 5.17. The average molecular weight is 483 g/mol. The number of rotatable bonds is 5. The number of anilines is 1. The second kappa shape index (κ2) is 7.64. The van der Waals surface area contributed by atoms with Gasteiger partial charge in [0.1, 0.15) is 24.6 Å². The molecular formula is C17H18IN5O4. The van der Waals surface area contributed by atoms with Crippen LogP contribution < -0.4 is 5.32 Å². The Balaban J connectivity index is 1.60. The van der Waals surface area contributed by atoms with Crippen LogP contribution in [-0.4, -0.2) is 59.8 Å². The zero-order valence-electron chi connectivity index (χ0n) is 14.1. The van der Waals surface area contributed by atoms with Crippen LogP contribution in [0.4, 0.5) is 5.82 Å². The molecule has 0 aliphatic carbocycles. The molecule has 0 radical (unpaired) electrons. The quantitative estimate of drug-likeness (QED) is 0.390. The molecule has 0 bridgehead atoms. The Kier molecular flexibility index (Phi) is 5.23. The molecular weight excluding hydrogens is 465 g/mol. The molecule has 1 aliphatic rings. The van der Waals surface area contributed by atoms with Gasteiger partial charge in [0.05, 0.1) is 12.9 Å². The Hall–Kier alpha value is -1.86. The summed E-state index contributed by atoms with van der Waals surface area (Å²) in [4.78, 5) is 12.8. The highest BCUT2D eigenvalue weighted by Gasteiger charge is 2.44. The molecule has 1 aromatic carbocycles. The zero-order valence-corrected chi connectivity index (χ0v) is 16.3. The number of aliphatic hydroxyl groups is 3. The minimum Gasteiger partial charge on any atom is -0.394 e. The number of nitrogens with one attached hydrogen (secondary N) is 1. The van der Waals surface area contributed by atoms with Crippen molar-refractivity contribution < 1.29 is 20.1 Å². The predicted octanol–water partition coefficient (Wildman–Crippen LogP) is 0.654. The number of aromatic nitrogens is 4. The van der Waals surface area contributed by atoms with Gasteiger partial charge in [-0.1, -0.05) is 12.1 Å². The molecule has 4 atom stereocenters. The topological polar surface area (TPSA) is 126 Å². The van der Waals surface area contributed by atoms with E-state index in [2.05, 4.69) is 48.9 Å². The monoisotopic (exact) mass is 483 g/mol. The second-order valence-electron chi connectivity index (χ2n) is 6.26. The molecule has 27 heavy (non-hydrogen) atoms. The van der Waals surface area contributed by atoms with Gasteiger partial charge >= 0.3 is 0 Å². The lowest BCUT2D eigenvalue weighted by atomic mass is 10.1. The summed E-state index contributed by atoms with van der Waals surface area (Å²) in [5, 5.41) is 32.7. The summed E-state index contributed by atoms with van der Waals surface area (Å²) in [6.45, 7) is 0.183. The molecule has 1 saturated heterocycles. The molecule has 142 valence electrons. The van der Waals surface area contributed by atoms with E-state index >= 15 is 0 Å². The Labute approximate surface area is 168 Å². The molecule has 2 unspecified atom stereocenters. The highest BCUT2D eigenvalue weighted by Crippen LogP contribution is 2.32. The van der Waals surface area contributed by atoms with Crippen LogP contribution in [0.3, 0.4) is 0 Å². The van der Waals surface area contributed by atoms with E-state index < -0.39 is 24.5 Å². The van der Waals surface area contributed by atoms with Gasteiger partial charge in [0, 0.05) is 10.1 Å². The summed E-state index contributed by atoms with van der Waals surface area (Å²) >= 11 is 2.26. The van der Waals surface area contributed by atoms with Gasteiger partial charge in [-0.25, -0.2) is 15.0 Å². The summed E-state index contributed by atoms with van der Waals surface area (Å²) in [6.07, 6.45) is -1.24. The van der Waals surface area contributed by atoms with Crippen LogP contribution in [-0.2, 0) is 11.3 Å². The highest BCUT2D eigenvalue weighted by molar-refractivity contribution is 14.1. The lowest BCUT2D eigenvalue weighted by molar-refractivity contribution is -0.0511. The van der Waals surface area contributed by atoms with Crippen LogP contribution >= 0.6 is 22.6 Å². The maximum absolute atomic E-state index is 10.2. The summed E-state index contributed by atoms with van der Waals surface area (Å²) in [5.74, 6) is 0.560. The Bertz CT molecular complexity index is 952. The van der Waals surface area contributed by atoms with Gasteiger partial charge in [0.2, 0.25) is 0 Å². The third-order valence-electron chi connectivity index (χ3n) is 4.50. The summed E-state index contributed by atoms with van der Waals surface area (Å²) in [7, 11) is 0. The Morgan fingerprint density at radius 3 is 2.78 bits per heavy atom. The summed E-state index contributed by atoms with van der Waals surface area (Å²) in [6, 6.07) is 8.11. The van der Waals surface area contributed by atoms with Crippen molar-refractivity contribution in [3.63, 3.8) is 0 Å².